The van der Waals surface area contributed by atoms with Crippen molar-refractivity contribution in [1.29, 1.82) is 0 Å². The Hall–Kier alpha value is -2.95. The average molecular weight is 335 g/mol. The maximum absolute atomic E-state index is 12.1. The van der Waals surface area contributed by atoms with Crippen molar-refractivity contribution in [2.45, 2.75) is 32.2 Å². The molecule has 0 spiro atoms. The van der Waals surface area contributed by atoms with Crippen LogP contribution >= 0.6 is 0 Å². The number of hydrogen-bond acceptors (Lipinski definition) is 3. The van der Waals surface area contributed by atoms with E-state index in [2.05, 4.69) is 15.6 Å². The Morgan fingerprint density at radius 2 is 1.88 bits per heavy atom. The number of anilines is 1. The van der Waals surface area contributed by atoms with Crippen LogP contribution in [0.1, 0.15) is 41.6 Å². The Bertz CT molecular complexity index is 767. The van der Waals surface area contributed by atoms with Gasteiger partial charge in [-0.3, -0.25) is 14.6 Å². The molecule has 0 unspecified atom stereocenters. The number of nitrogens with zero attached hydrogens (tertiary/aromatic N) is 1. The van der Waals surface area contributed by atoms with Crippen LogP contribution in [-0.4, -0.2) is 16.8 Å². The summed E-state index contributed by atoms with van der Waals surface area (Å²) in [6.07, 6.45) is 9.31. The second kappa shape index (κ2) is 8.24. The van der Waals surface area contributed by atoms with E-state index >= 15 is 0 Å². The second-order valence-electron chi connectivity index (χ2n) is 6.05. The van der Waals surface area contributed by atoms with Gasteiger partial charge in [-0.05, 0) is 55.5 Å². The fourth-order valence-electron chi connectivity index (χ4n) is 2.75. The fourth-order valence-corrected chi connectivity index (χ4v) is 2.75. The van der Waals surface area contributed by atoms with Crippen LogP contribution in [0.15, 0.2) is 60.4 Å². The van der Waals surface area contributed by atoms with E-state index in [4.69, 9.17) is 0 Å². The monoisotopic (exact) mass is 335 g/mol. The van der Waals surface area contributed by atoms with Crippen molar-refractivity contribution in [3.05, 3.63) is 71.6 Å². The zero-order valence-electron chi connectivity index (χ0n) is 14.0. The Morgan fingerprint density at radius 1 is 1.04 bits per heavy atom. The highest BCUT2D eigenvalue weighted by molar-refractivity contribution is 6.04. The molecule has 2 N–H and O–H groups in total. The molecule has 0 radical (unpaired) electrons. The predicted octanol–water partition coefficient (Wildman–Crippen LogP) is 3.45. The lowest BCUT2D eigenvalue weighted by Crippen LogP contribution is -2.25. The number of benzene rings is 1. The summed E-state index contributed by atoms with van der Waals surface area (Å²) in [5.74, 6) is -0.174. The summed E-state index contributed by atoms with van der Waals surface area (Å²) in [7, 11) is 0. The molecule has 1 aromatic heterocycles. The first-order valence-corrected chi connectivity index (χ1v) is 8.50. The number of rotatable bonds is 5. The maximum Gasteiger partial charge on any atom is 0.257 e. The van der Waals surface area contributed by atoms with Crippen LogP contribution < -0.4 is 10.6 Å². The van der Waals surface area contributed by atoms with Crippen molar-refractivity contribution in [2.24, 2.45) is 0 Å². The minimum atomic E-state index is -0.196. The van der Waals surface area contributed by atoms with E-state index in [1.807, 2.05) is 30.3 Å². The van der Waals surface area contributed by atoms with E-state index < -0.39 is 0 Å². The molecule has 1 aliphatic rings. The van der Waals surface area contributed by atoms with Crippen LogP contribution in [0.5, 0.6) is 0 Å². The van der Waals surface area contributed by atoms with Crippen molar-refractivity contribution in [3.63, 3.8) is 0 Å². The van der Waals surface area contributed by atoms with Gasteiger partial charge in [-0.1, -0.05) is 18.2 Å². The minimum absolute atomic E-state index is 0.0219. The summed E-state index contributed by atoms with van der Waals surface area (Å²) in [5, 5.41) is 5.78. The van der Waals surface area contributed by atoms with E-state index in [1.54, 1.807) is 18.3 Å². The number of nitrogens with one attached hydrogen (secondary N) is 2. The number of amides is 2. The first-order valence-electron chi connectivity index (χ1n) is 8.50. The Morgan fingerprint density at radius 3 is 2.56 bits per heavy atom. The third kappa shape index (κ3) is 4.76. The largest absolute Gasteiger partial charge is 0.348 e. The second-order valence-corrected chi connectivity index (χ2v) is 6.05. The Balaban J connectivity index is 1.53. The molecule has 3 rings (SSSR count). The molecular formula is C20H21N3O2. The van der Waals surface area contributed by atoms with Crippen molar-refractivity contribution in [1.82, 2.24) is 10.3 Å². The van der Waals surface area contributed by atoms with E-state index in [-0.39, 0.29) is 11.8 Å². The van der Waals surface area contributed by atoms with Crippen LogP contribution in [0.2, 0.25) is 0 Å². The predicted molar refractivity (Wildman–Crippen MR) is 97.0 cm³/mol. The fraction of sp³-hybridized carbons (Fsp3) is 0.250. The number of pyridine rings is 1. The SMILES string of the molecule is O=C(NCc1ccc(NC(=O)c2cccnc2)cc1)C1=CCCCC1. The molecule has 5 nitrogen and oxygen atoms in total. The van der Waals surface area contributed by atoms with E-state index in [0.29, 0.717) is 17.8 Å². The van der Waals surface area contributed by atoms with Crippen LogP contribution in [-0.2, 0) is 11.3 Å². The lowest BCUT2D eigenvalue weighted by Gasteiger charge is -2.13. The highest BCUT2D eigenvalue weighted by Crippen LogP contribution is 2.17. The third-order valence-corrected chi connectivity index (χ3v) is 4.17. The standard InChI is InChI=1S/C20H21N3O2/c24-19(16-5-2-1-3-6-16)22-13-15-8-10-18(11-9-15)23-20(25)17-7-4-12-21-14-17/h4-5,7-12,14H,1-3,6,13H2,(H,22,24)(H,23,25). The lowest BCUT2D eigenvalue weighted by molar-refractivity contribution is -0.117. The number of aromatic nitrogens is 1. The van der Waals surface area contributed by atoms with Gasteiger partial charge in [0.2, 0.25) is 5.91 Å². The van der Waals surface area contributed by atoms with Crippen molar-refractivity contribution >= 4 is 17.5 Å². The minimum Gasteiger partial charge on any atom is -0.348 e. The Labute approximate surface area is 147 Å². The van der Waals surface area contributed by atoms with E-state index in [9.17, 15) is 9.59 Å². The van der Waals surface area contributed by atoms with Crippen LogP contribution in [0.3, 0.4) is 0 Å². The third-order valence-electron chi connectivity index (χ3n) is 4.17. The number of allylic oxidation sites excluding steroid dienone is 1. The molecule has 0 fully saturated rings. The normalized spacial score (nSPS) is 13.7. The zero-order chi connectivity index (χ0) is 17.5. The molecule has 1 aromatic carbocycles. The Kier molecular flexibility index (Phi) is 5.57. The average Bonchev–Trinajstić information content (AvgIpc) is 2.68. The summed E-state index contributed by atoms with van der Waals surface area (Å²) in [4.78, 5) is 28.1. The molecule has 5 heteroatoms. The van der Waals surface area contributed by atoms with Crippen LogP contribution in [0.4, 0.5) is 5.69 Å². The van der Waals surface area contributed by atoms with Crippen molar-refractivity contribution in [3.8, 4) is 0 Å². The molecule has 0 atom stereocenters. The highest BCUT2D eigenvalue weighted by Gasteiger charge is 2.11. The summed E-state index contributed by atoms with van der Waals surface area (Å²) >= 11 is 0. The van der Waals surface area contributed by atoms with Crippen molar-refractivity contribution in [2.75, 3.05) is 5.32 Å². The molecule has 0 saturated heterocycles. The lowest BCUT2D eigenvalue weighted by atomic mass is 9.99. The van der Waals surface area contributed by atoms with Gasteiger partial charge in [0, 0.05) is 30.2 Å². The molecular weight excluding hydrogens is 314 g/mol. The molecule has 2 amide bonds. The number of carbonyl (C=O) groups is 2. The van der Waals surface area contributed by atoms with Crippen LogP contribution in [0.25, 0.3) is 0 Å². The molecule has 1 heterocycles. The van der Waals surface area contributed by atoms with Gasteiger partial charge in [0.15, 0.2) is 0 Å². The summed E-state index contributed by atoms with van der Waals surface area (Å²) in [6.45, 7) is 0.479. The van der Waals surface area contributed by atoms with Gasteiger partial charge in [-0.15, -0.1) is 0 Å². The van der Waals surface area contributed by atoms with Gasteiger partial charge >= 0.3 is 0 Å². The zero-order valence-corrected chi connectivity index (χ0v) is 14.0. The highest BCUT2D eigenvalue weighted by atomic mass is 16.2. The molecule has 0 saturated carbocycles. The topological polar surface area (TPSA) is 71.1 Å². The van der Waals surface area contributed by atoms with Gasteiger partial charge in [0.1, 0.15) is 0 Å². The molecule has 1 aliphatic carbocycles. The van der Waals surface area contributed by atoms with Gasteiger partial charge < -0.3 is 10.6 Å². The molecule has 0 aliphatic heterocycles. The molecule has 128 valence electrons. The van der Waals surface area contributed by atoms with E-state index in [1.165, 1.54) is 12.6 Å². The quantitative estimate of drug-likeness (QED) is 0.879. The smallest absolute Gasteiger partial charge is 0.257 e. The summed E-state index contributed by atoms with van der Waals surface area (Å²) in [5.41, 5.74) is 3.11. The van der Waals surface area contributed by atoms with Gasteiger partial charge in [-0.2, -0.15) is 0 Å². The number of carbonyl (C=O) groups excluding carboxylic acids is 2. The molecule has 0 bridgehead atoms. The summed E-state index contributed by atoms with van der Waals surface area (Å²) in [6, 6.07) is 10.9. The summed E-state index contributed by atoms with van der Waals surface area (Å²) < 4.78 is 0. The number of hydrogen-bond donors (Lipinski definition) is 2. The molecule has 25 heavy (non-hydrogen) atoms. The van der Waals surface area contributed by atoms with Crippen LogP contribution in [0, 0.1) is 0 Å². The first-order chi connectivity index (χ1) is 12.2. The first kappa shape index (κ1) is 16.9. The molecule has 2 aromatic rings. The van der Waals surface area contributed by atoms with E-state index in [0.717, 1.165) is 30.4 Å². The van der Waals surface area contributed by atoms with Gasteiger partial charge in [0.25, 0.3) is 5.91 Å². The van der Waals surface area contributed by atoms with Gasteiger partial charge in [-0.25, -0.2) is 0 Å². The van der Waals surface area contributed by atoms with Crippen molar-refractivity contribution < 1.29 is 9.59 Å². The van der Waals surface area contributed by atoms with Gasteiger partial charge in [0.05, 0.1) is 5.56 Å². The maximum atomic E-state index is 12.1.